The molecule has 1 aliphatic rings. The number of carbonyl (C=O) groups is 2. The Bertz CT molecular complexity index is 1060. The Labute approximate surface area is 198 Å². The van der Waals surface area contributed by atoms with E-state index in [-0.39, 0.29) is 12.5 Å². The fraction of sp³-hybridized carbons (Fsp3) is 0.462. The molecule has 2 amide bonds. The molecule has 8 heteroatoms. The molecule has 0 aliphatic carbocycles. The topological polar surface area (TPSA) is 49.9 Å². The SMILES string of the molecule is Cc1cc(-c2cccc(CN(C)C(=O)[C@@H]3CCCN3C(=O)OC(C)(C)C)c2)cc(C(F)(F)F)c1. The van der Waals surface area contributed by atoms with Crippen LogP contribution in [-0.2, 0) is 22.3 Å². The fourth-order valence-electron chi connectivity index (χ4n) is 4.13. The van der Waals surface area contributed by atoms with Gasteiger partial charge in [-0.05, 0) is 81.0 Å². The molecule has 0 radical (unpaired) electrons. The monoisotopic (exact) mass is 476 g/mol. The molecule has 0 N–H and O–H groups in total. The van der Waals surface area contributed by atoms with E-state index in [1.54, 1.807) is 63.9 Å². The molecule has 0 spiro atoms. The van der Waals surface area contributed by atoms with Gasteiger partial charge in [-0.25, -0.2) is 4.79 Å². The highest BCUT2D eigenvalue weighted by atomic mass is 19.4. The summed E-state index contributed by atoms with van der Waals surface area (Å²) in [6.45, 7) is 7.70. The molecule has 1 heterocycles. The number of nitrogens with zero attached hydrogens (tertiary/aromatic N) is 2. The number of likely N-dealkylation sites (N-methyl/N-ethyl adjacent to an activating group) is 1. The lowest BCUT2D eigenvalue weighted by Crippen LogP contribution is -2.47. The molecule has 34 heavy (non-hydrogen) atoms. The first-order valence-electron chi connectivity index (χ1n) is 11.3. The van der Waals surface area contributed by atoms with Crippen molar-refractivity contribution in [2.75, 3.05) is 13.6 Å². The van der Waals surface area contributed by atoms with E-state index < -0.39 is 29.5 Å². The van der Waals surface area contributed by atoms with E-state index in [9.17, 15) is 22.8 Å². The molecule has 2 aromatic rings. The summed E-state index contributed by atoms with van der Waals surface area (Å²) in [7, 11) is 1.66. The van der Waals surface area contributed by atoms with Crippen LogP contribution in [0.5, 0.6) is 0 Å². The van der Waals surface area contributed by atoms with Crippen molar-refractivity contribution in [3.8, 4) is 11.1 Å². The van der Waals surface area contributed by atoms with Crippen LogP contribution in [0.1, 0.15) is 50.3 Å². The van der Waals surface area contributed by atoms with E-state index in [0.29, 0.717) is 36.1 Å². The van der Waals surface area contributed by atoms with Crippen molar-refractivity contribution in [3.63, 3.8) is 0 Å². The van der Waals surface area contributed by atoms with Crippen molar-refractivity contribution in [1.29, 1.82) is 0 Å². The highest BCUT2D eigenvalue weighted by Gasteiger charge is 2.38. The lowest BCUT2D eigenvalue weighted by atomic mass is 9.98. The van der Waals surface area contributed by atoms with Crippen LogP contribution in [0.3, 0.4) is 0 Å². The maximum atomic E-state index is 13.2. The Balaban J connectivity index is 1.76. The van der Waals surface area contributed by atoms with Crippen molar-refractivity contribution >= 4 is 12.0 Å². The van der Waals surface area contributed by atoms with Gasteiger partial charge in [0.15, 0.2) is 0 Å². The van der Waals surface area contributed by atoms with Crippen molar-refractivity contribution in [2.45, 2.75) is 64.9 Å². The maximum absolute atomic E-state index is 13.2. The smallest absolute Gasteiger partial charge is 0.416 e. The van der Waals surface area contributed by atoms with Crippen LogP contribution < -0.4 is 0 Å². The van der Waals surface area contributed by atoms with Crippen molar-refractivity contribution in [2.24, 2.45) is 0 Å². The summed E-state index contributed by atoms with van der Waals surface area (Å²) in [5.41, 5.74) is 1.07. The third-order valence-electron chi connectivity index (χ3n) is 5.63. The largest absolute Gasteiger partial charge is 0.444 e. The van der Waals surface area contributed by atoms with Crippen LogP contribution >= 0.6 is 0 Å². The third kappa shape index (κ3) is 6.30. The highest BCUT2D eigenvalue weighted by molar-refractivity contribution is 5.86. The first-order valence-corrected chi connectivity index (χ1v) is 11.3. The molecule has 0 bridgehead atoms. The van der Waals surface area contributed by atoms with Crippen molar-refractivity contribution < 1.29 is 27.5 Å². The summed E-state index contributed by atoms with van der Waals surface area (Å²) >= 11 is 0. The van der Waals surface area contributed by atoms with Gasteiger partial charge < -0.3 is 9.64 Å². The summed E-state index contributed by atoms with van der Waals surface area (Å²) in [5.74, 6) is -0.191. The van der Waals surface area contributed by atoms with Crippen LogP contribution in [0, 0.1) is 6.92 Å². The number of carbonyl (C=O) groups excluding carboxylic acids is 2. The zero-order valence-corrected chi connectivity index (χ0v) is 20.2. The molecule has 1 fully saturated rings. The number of halogens is 3. The summed E-state index contributed by atoms with van der Waals surface area (Å²) in [6.07, 6.45) is -3.65. The number of ether oxygens (including phenoxy) is 1. The van der Waals surface area contributed by atoms with Crippen LogP contribution in [-0.4, -0.2) is 47.0 Å². The molecule has 5 nitrogen and oxygen atoms in total. The fourth-order valence-corrected chi connectivity index (χ4v) is 4.13. The normalized spacial score (nSPS) is 16.5. The number of hydrogen-bond donors (Lipinski definition) is 0. The molecule has 3 rings (SSSR count). The number of hydrogen-bond acceptors (Lipinski definition) is 3. The van der Waals surface area contributed by atoms with E-state index in [0.717, 1.165) is 17.7 Å². The average Bonchev–Trinajstić information content (AvgIpc) is 3.21. The highest BCUT2D eigenvalue weighted by Crippen LogP contribution is 2.33. The predicted octanol–water partition coefficient (Wildman–Crippen LogP) is 6.04. The zero-order valence-electron chi connectivity index (χ0n) is 20.2. The van der Waals surface area contributed by atoms with Gasteiger partial charge in [0, 0.05) is 20.1 Å². The van der Waals surface area contributed by atoms with E-state index in [1.807, 2.05) is 6.07 Å². The second kappa shape index (κ2) is 9.68. The van der Waals surface area contributed by atoms with Crippen molar-refractivity contribution in [1.82, 2.24) is 9.80 Å². The van der Waals surface area contributed by atoms with E-state index in [2.05, 4.69) is 0 Å². The van der Waals surface area contributed by atoms with Gasteiger partial charge in [0.2, 0.25) is 5.91 Å². The Kier molecular flexibility index (Phi) is 7.29. The first-order chi connectivity index (χ1) is 15.7. The van der Waals surface area contributed by atoms with E-state index in [4.69, 9.17) is 4.74 Å². The van der Waals surface area contributed by atoms with Crippen LogP contribution in [0.4, 0.5) is 18.0 Å². The Morgan fingerprint density at radius 2 is 1.79 bits per heavy atom. The molecule has 1 atom stereocenters. The quantitative estimate of drug-likeness (QED) is 0.541. The third-order valence-corrected chi connectivity index (χ3v) is 5.63. The van der Waals surface area contributed by atoms with E-state index >= 15 is 0 Å². The predicted molar refractivity (Wildman–Crippen MR) is 124 cm³/mol. The Morgan fingerprint density at radius 1 is 1.09 bits per heavy atom. The minimum Gasteiger partial charge on any atom is -0.444 e. The molecule has 0 aromatic heterocycles. The second-order valence-electron chi connectivity index (χ2n) is 9.81. The molecule has 184 valence electrons. The second-order valence-corrected chi connectivity index (χ2v) is 9.81. The molecule has 1 aliphatic heterocycles. The first kappa shape index (κ1) is 25.6. The number of alkyl halides is 3. The minimum atomic E-state index is -4.42. The maximum Gasteiger partial charge on any atom is 0.416 e. The number of aryl methyl sites for hydroxylation is 1. The molecular formula is C26H31F3N2O3. The number of rotatable bonds is 4. The van der Waals surface area contributed by atoms with Crippen LogP contribution in [0.2, 0.25) is 0 Å². The van der Waals surface area contributed by atoms with Gasteiger partial charge in [-0.2, -0.15) is 13.2 Å². The molecule has 2 aromatic carbocycles. The van der Waals surface area contributed by atoms with Crippen LogP contribution in [0.25, 0.3) is 11.1 Å². The molecule has 1 saturated heterocycles. The Hall–Kier alpha value is -3.03. The summed E-state index contributed by atoms with van der Waals surface area (Å²) in [6, 6.07) is 10.5. The standard InChI is InChI=1S/C26H31F3N2O3/c1-17-12-20(15-21(13-17)26(27,28)29)19-9-6-8-18(14-19)16-30(5)23(32)22-10-7-11-31(22)24(33)34-25(2,3)4/h6,8-9,12-15,22H,7,10-11,16H2,1-5H3/t22-/m0/s1. The summed E-state index contributed by atoms with van der Waals surface area (Å²) in [4.78, 5) is 28.7. The zero-order chi connectivity index (χ0) is 25.3. The lowest BCUT2D eigenvalue weighted by Gasteiger charge is -2.30. The van der Waals surface area contributed by atoms with Gasteiger partial charge >= 0.3 is 12.3 Å². The summed E-state index contributed by atoms with van der Waals surface area (Å²) < 4.78 is 45.2. The number of benzene rings is 2. The average molecular weight is 477 g/mol. The van der Waals surface area contributed by atoms with Crippen molar-refractivity contribution in [3.05, 3.63) is 59.2 Å². The van der Waals surface area contributed by atoms with Gasteiger partial charge in [0.05, 0.1) is 5.56 Å². The van der Waals surface area contributed by atoms with E-state index in [1.165, 1.54) is 4.90 Å². The van der Waals surface area contributed by atoms with Crippen LogP contribution in [0.15, 0.2) is 42.5 Å². The van der Waals surface area contributed by atoms with Gasteiger partial charge in [-0.1, -0.05) is 24.3 Å². The molecule has 0 unspecified atom stereocenters. The van der Waals surface area contributed by atoms with Gasteiger partial charge in [0.1, 0.15) is 11.6 Å². The molecular weight excluding hydrogens is 445 g/mol. The minimum absolute atomic E-state index is 0.191. The van der Waals surface area contributed by atoms with Gasteiger partial charge in [-0.3, -0.25) is 9.69 Å². The number of likely N-dealkylation sites (tertiary alicyclic amines) is 1. The number of amides is 2. The van der Waals surface area contributed by atoms with Gasteiger partial charge in [0.25, 0.3) is 0 Å². The Morgan fingerprint density at radius 3 is 2.44 bits per heavy atom. The lowest BCUT2D eigenvalue weighted by molar-refractivity contribution is -0.137. The summed E-state index contributed by atoms with van der Waals surface area (Å²) in [5, 5.41) is 0. The molecule has 0 saturated carbocycles. The van der Waals surface area contributed by atoms with Gasteiger partial charge in [-0.15, -0.1) is 0 Å².